The second-order valence-electron chi connectivity index (χ2n) is 6.21. The normalized spacial score (nSPS) is 24.7. The minimum atomic E-state index is -1.02. The van der Waals surface area contributed by atoms with E-state index < -0.39 is 5.97 Å². The molecular weight excluding hydrogens is 274 g/mol. The molecule has 0 aromatic rings. The van der Waals surface area contributed by atoms with Gasteiger partial charge in [0.05, 0.1) is 12.0 Å². The van der Waals surface area contributed by atoms with Gasteiger partial charge in [0.25, 0.3) is 0 Å². The molecule has 0 aromatic carbocycles. The van der Waals surface area contributed by atoms with Crippen LogP contribution in [0.1, 0.15) is 26.7 Å². The summed E-state index contributed by atoms with van der Waals surface area (Å²) in [7, 11) is 0. The van der Waals surface area contributed by atoms with E-state index >= 15 is 0 Å². The Labute approximate surface area is 124 Å². The van der Waals surface area contributed by atoms with Gasteiger partial charge in [-0.3, -0.25) is 9.59 Å². The van der Waals surface area contributed by atoms with Crippen LogP contribution in [0.15, 0.2) is 0 Å². The minimum absolute atomic E-state index is 0.00569. The van der Waals surface area contributed by atoms with E-state index in [0.717, 1.165) is 12.8 Å². The van der Waals surface area contributed by atoms with Crippen LogP contribution in [0.3, 0.4) is 0 Å². The van der Waals surface area contributed by atoms with E-state index in [4.69, 9.17) is 5.11 Å². The number of aliphatic carboxylic acids is 1. The van der Waals surface area contributed by atoms with Gasteiger partial charge in [-0.2, -0.15) is 0 Å². The average molecular weight is 297 g/mol. The number of rotatable bonds is 4. The number of carboxylic acids is 1. The van der Waals surface area contributed by atoms with Crippen molar-refractivity contribution in [3.8, 4) is 0 Å². The van der Waals surface area contributed by atoms with Crippen molar-refractivity contribution < 1.29 is 19.5 Å². The van der Waals surface area contributed by atoms with Gasteiger partial charge in [0.15, 0.2) is 0 Å². The van der Waals surface area contributed by atoms with Gasteiger partial charge in [-0.15, -0.1) is 0 Å². The van der Waals surface area contributed by atoms with Crippen LogP contribution in [0.5, 0.6) is 0 Å². The summed E-state index contributed by atoms with van der Waals surface area (Å²) in [4.78, 5) is 38.4. The van der Waals surface area contributed by atoms with Gasteiger partial charge in [-0.25, -0.2) is 4.79 Å². The van der Waals surface area contributed by atoms with Crippen molar-refractivity contribution in [2.75, 3.05) is 26.2 Å². The van der Waals surface area contributed by atoms with Crippen LogP contribution in [-0.2, 0) is 9.59 Å². The van der Waals surface area contributed by atoms with Crippen molar-refractivity contribution in [1.82, 2.24) is 15.1 Å². The van der Waals surface area contributed by atoms with E-state index in [9.17, 15) is 14.4 Å². The van der Waals surface area contributed by atoms with Gasteiger partial charge in [-0.1, -0.05) is 13.8 Å². The molecule has 0 aromatic heterocycles. The third-order valence-electron chi connectivity index (χ3n) is 4.03. The van der Waals surface area contributed by atoms with Crippen molar-refractivity contribution in [3.63, 3.8) is 0 Å². The predicted molar refractivity (Wildman–Crippen MR) is 75.7 cm³/mol. The molecule has 7 heteroatoms. The molecule has 0 aliphatic carbocycles. The molecule has 2 saturated heterocycles. The Hall–Kier alpha value is -1.79. The van der Waals surface area contributed by atoms with Gasteiger partial charge in [0.1, 0.15) is 6.54 Å². The predicted octanol–water partition coefficient (Wildman–Crippen LogP) is 0.359. The van der Waals surface area contributed by atoms with Crippen molar-refractivity contribution in [3.05, 3.63) is 0 Å². The molecule has 7 nitrogen and oxygen atoms in total. The Balaban J connectivity index is 2.11. The quantitative estimate of drug-likeness (QED) is 0.784. The molecule has 2 fully saturated rings. The summed E-state index contributed by atoms with van der Waals surface area (Å²) < 4.78 is 0. The lowest BCUT2D eigenvalue weighted by Gasteiger charge is -2.39. The highest BCUT2D eigenvalue weighted by Crippen LogP contribution is 2.28. The summed E-state index contributed by atoms with van der Waals surface area (Å²) in [5, 5.41) is 11.8. The Morgan fingerprint density at radius 3 is 2.81 bits per heavy atom. The molecule has 118 valence electrons. The van der Waals surface area contributed by atoms with Gasteiger partial charge in [0, 0.05) is 19.6 Å². The SMILES string of the molecule is CC(C)CN(CC(=O)O)C(=O)N1CCCC2C(=O)NCC21. The topological polar surface area (TPSA) is 90.0 Å². The van der Waals surface area contributed by atoms with Crippen molar-refractivity contribution >= 4 is 17.9 Å². The van der Waals surface area contributed by atoms with Crippen LogP contribution in [0, 0.1) is 11.8 Å². The molecule has 2 rings (SSSR count). The first-order chi connectivity index (χ1) is 9.90. The second-order valence-corrected chi connectivity index (χ2v) is 6.21. The number of likely N-dealkylation sites (tertiary alicyclic amines) is 1. The van der Waals surface area contributed by atoms with E-state index in [1.54, 1.807) is 4.90 Å². The number of fused-ring (bicyclic) bond motifs is 1. The second kappa shape index (κ2) is 6.32. The van der Waals surface area contributed by atoms with Crippen LogP contribution < -0.4 is 5.32 Å². The van der Waals surface area contributed by atoms with Crippen LogP contribution in [0.25, 0.3) is 0 Å². The highest BCUT2D eigenvalue weighted by Gasteiger charge is 2.43. The molecule has 2 atom stereocenters. The molecule has 2 aliphatic rings. The van der Waals surface area contributed by atoms with Crippen molar-refractivity contribution in [2.45, 2.75) is 32.7 Å². The lowest BCUT2D eigenvalue weighted by Crippen LogP contribution is -2.55. The first-order valence-corrected chi connectivity index (χ1v) is 7.45. The number of carbonyl (C=O) groups is 3. The number of carboxylic acid groups (broad SMARTS) is 1. The Kier molecular flexibility index (Phi) is 4.69. The van der Waals surface area contributed by atoms with E-state index in [1.807, 2.05) is 13.8 Å². The zero-order valence-electron chi connectivity index (χ0n) is 12.5. The van der Waals surface area contributed by atoms with Gasteiger partial charge in [0.2, 0.25) is 5.91 Å². The van der Waals surface area contributed by atoms with Crippen LogP contribution in [0.4, 0.5) is 4.79 Å². The zero-order valence-corrected chi connectivity index (χ0v) is 12.5. The summed E-state index contributed by atoms with van der Waals surface area (Å²) in [6.07, 6.45) is 1.58. The number of hydrogen-bond acceptors (Lipinski definition) is 3. The zero-order chi connectivity index (χ0) is 15.6. The molecule has 0 radical (unpaired) electrons. The molecule has 0 spiro atoms. The lowest BCUT2D eigenvalue weighted by atomic mass is 9.92. The highest BCUT2D eigenvalue weighted by molar-refractivity contribution is 5.85. The van der Waals surface area contributed by atoms with Gasteiger partial charge >= 0.3 is 12.0 Å². The van der Waals surface area contributed by atoms with E-state index in [2.05, 4.69) is 5.32 Å². The number of carbonyl (C=O) groups excluding carboxylic acids is 2. The molecular formula is C14H23N3O4. The largest absolute Gasteiger partial charge is 0.480 e. The van der Waals surface area contributed by atoms with Gasteiger partial charge in [-0.05, 0) is 18.8 Å². The third-order valence-corrected chi connectivity index (χ3v) is 4.03. The Bertz CT molecular complexity index is 438. The van der Waals surface area contributed by atoms with Crippen molar-refractivity contribution in [2.24, 2.45) is 11.8 Å². The fourth-order valence-electron chi connectivity index (χ4n) is 3.18. The Morgan fingerprint density at radius 1 is 1.48 bits per heavy atom. The number of nitrogens with zero attached hydrogens (tertiary/aromatic N) is 2. The van der Waals surface area contributed by atoms with E-state index in [0.29, 0.717) is 19.6 Å². The summed E-state index contributed by atoms with van der Waals surface area (Å²) >= 11 is 0. The van der Waals surface area contributed by atoms with Crippen LogP contribution in [-0.4, -0.2) is 65.0 Å². The number of amides is 3. The standard InChI is InChI=1S/C14H23N3O4/c1-9(2)7-16(8-12(18)19)14(21)17-5-3-4-10-11(17)6-15-13(10)20/h9-11H,3-8H2,1-2H3,(H,15,20)(H,18,19). The highest BCUT2D eigenvalue weighted by atomic mass is 16.4. The molecule has 2 N–H and O–H groups in total. The minimum Gasteiger partial charge on any atom is -0.480 e. The fraction of sp³-hybridized carbons (Fsp3) is 0.786. The molecule has 21 heavy (non-hydrogen) atoms. The summed E-state index contributed by atoms with van der Waals surface area (Å²) in [5.74, 6) is -0.963. The van der Waals surface area contributed by atoms with E-state index in [1.165, 1.54) is 4.90 Å². The average Bonchev–Trinajstić information content (AvgIpc) is 2.78. The van der Waals surface area contributed by atoms with Gasteiger partial charge < -0.3 is 20.2 Å². The van der Waals surface area contributed by atoms with Crippen molar-refractivity contribution in [1.29, 1.82) is 0 Å². The molecule has 0 saturated carbocycles. The first-order valence-electron chi connectivity index (χ1n) is 7.45. The maximum absolute atomic E-state index is 12.7. The summed E-state index contributed by atoms with van der Waals surface area (Å²) in [6, 6.07) is -0.403. The third kappa shape index (κ3) is 3.46. The number of urea groups is 1. The number of hydrogen-bond donors (Lipinski definition) is 2. The monoisotopic (exact) mass is 297 g/mol. The smallest absolute Gasteiger partial charge is 0.323 e. The van der Waals surface area contributed by atoms with E-state index in [-0.39, 0.29) is 36.4 Å². The van der Waals surface area contributed by atoms with Crippen LogP contribution >= 0.6 is 0 Å². The number of nitrogens with one attached hydrogen (secondary N) is 1. The molecule has 2 unspecified atom stereocenters. The molecule has 0 bridgehead atoms. The lowest BCUT2D eigenvalue weighted by molar-refractivity contribution is -0.138. The van der Waals surface area contributed by atoms with Crippen LogP contribution in [0.2, 0.25) is 0 Å². The summed E-state index contributed by atoms with van der Waals surface area (Å²) in [6.45, 7) is 5.05. The maximum atomic E-state index is 12.7. The number of piperidine rings is 1. The maximum Gasteiger partial charge on any atom is 0.323 e. The molecule has 2 aliphatic heterocycles. The Morgan fingerprint density at radius 2 is 2.19 bits per heavy atom. The first kappa shape index (κ1) is 15.6. The molecule has 2 heterocycles. The fourth-order valence-corrected chi connectivity index (χ4v) is 3.18. The molecule has 3 amide bonds. The summed E-state index contributed by atoms with van der Waals surface area (Å²) in [5.41, 5.74) is 0.